The molecule has 0 saturated carbocycles. The van der Waals surface area contributed by atoms with Gasteiger partial charge in [0.15, 0.2) is 0 Å². The van der Waals surface area contributed by atoms with Crippen molar-refractivity contribution >= 4 is 5.91 Å². The third-order valence-corrected chi connectivity index (χ3v) is 4.88. The van der Waals surface area contributed by atoms with Crippen LogP contribution in [0.5, 0.6) is 0 Å². The minimum absolute atomic E-state index is 0.177. The molecule has 128 valence electrons. The zero-order valence-corrected chi connectivity index (χ0v) is 14.7. The number of pyridine rings is 1. The number of piperidine rings is 1. The van der Waals surface area contributed by atoms with E-state index in [2.05, 4.69) is 22.3 Å². The smallest absolute Gasteiger partial charge is 0.227 e. The molecule has 1 saturated heterocycles. The molecule has 2 aromatic rings. The van der Waals surface area contributed by atoms with E-state index in [1.54, 1.807) is 0 Å². The molecule has 1 atom stereocenters. The summed E-state index contributed by atoms with van der Waals surface area (Å²) in [6, 6.07) is 4.20. The van der Waals surface area contributed by atoms with Crippen LogP contribution in [-0.4, -0.2) is 34.0 Å². The highest BCUT2D eigenvalue weighted by Crippen LogP contribution is 2.22. The Kier molecular flexibility index (Phi) is 4.97. The van der Waals surface area contributed by atoms with Crippen LogP contribution in [-0.2, 0) is 17.6 Å². The van der Waals surface area contributed by atoms with Gasteiger partial charge in [0.05, 0.1) is 12.1 Å². The van der Waals surface area contributed by atoms with Gasteiger partial charge in [0, 0.05) is 30.5 Å². The number of nitrogens with zero attached hydrogens (tertiary/aromatic N) is 3. The third-order valence-electron chi connectivity index (χ3n) is 4.88. The minimum Gasteiger partial charge on any atom is -0.361 e. The summed E-state index contributed by atoms with van der Waals surface area (Å²) in [7, 11) is 0. The van der Waals surface area contributed by atoms with Crippen LogP contribution in [0.3, 0.4) is 0 Å². The second-order valence-electron chi connectivity index (χ2n) is 6.84. The summed E-state index contributed by atoms with van der Waals surface area (Å²) >= 11 is 0. The molecule has 1 amide bonds. The Labute approximate surface area is 143 Å². The summed E-state index contributed by atoms with van der Waals surface area (Å²) in [5.41, 5.74) is 4.05. The number of hydrogen-bond acceptors (Lipinski definition) is 4. The quantitative estimate of drug-likeness (QED) is 0.866. The monoisotopic (exact) mass is 327 g/mol. The lowest BCUT2D eigenvalue weighted by Gasteiger charge is -2.33. The van der Waals surface area contributed by atoms with Crippen LogP contribution in [0.15, 0.2) is 22.9 Å². The molecule has 1 fully saturated rings. The standard InChI is InChI=1S/C19H25N3O2/c1-13-6-7-16(11-20-13)9-17-5-4-8-22(12-17)19(23)10-18-14(2)21-24-15(18)3/h6-7,11,17H,4-5,8-10,12H2,1-3H3. The van der Waals surface area contributed by atoms with Gasteiger partial charge in [0.1, 0.15) is 5.76 Å². The van der Waals surface area contributed by atoms with Crippen molar-refractivity contribution < 1.29 is 9.32 Å². The van der Waals surface area contributed by atoms with Crippen LogP contribution in [0.1, 0.15) is 41.1 Å². The number of likely N-dealkylation sites (tertiary alicyclic amines) is 1. The van der Waals surface area contributed by atoms with Crippen molar-refractivity contribution in [1.29, 1.82) is 0 Å². The first-order valence-corrected chi connectivity index (χ1v) is 8.64. The van der Waals surface area contributed by atoms with Crippen molar-refractivity contribution in [3.05, 3.63) is 46.6 Å². The molecule has 3 heterocycles. The predicted molar refractivity (Wildman–Crippen MR) is 91.7 cm³/mol. The highest BCUT2D eigenvalue weighted by molar-refractivity contribution is 5.79. The second-order valence-corrected chi connectivity index (χ2v) is 6.84. The number of aromatic nitrogens is 2. The fraction of sp³-hybridized carbons (Fsp3) is 0.526. The zero-order valence-electron chi connectivity index (χ0n) is 14.7. The molecule has 0 radical (unpaired) electrons. The summed E-state index contributed by atoms with van der Waals surface area (Å²) in [5.74, 6) is 1.44. The molecule has 2 aromatic heterocycles. The third kappa shape index (κ3) is 3.83. The van der Waals surface area contributed by atoms with Crippen molar-refractivity contribution in [2.75, 3.05) is 13.1 Å². The topological polar surface area (TPSA) is 59.2 Å². The van der Waals surface area contributed by atoms with Gasteiger partial charge in [-0.15, -0.1) is 0 Å². The maximum atomic E-state index is 12.7. The van der Waals surface area contributed by atoms with E-state index in [1.165, 1.54) is 12.0 Å². The number of hydrogen-bond donors (Lipinski definition) is 0. The fourth-order valence-corrected chi connectivity index (χ4v) is 3.43. The van der Waals surface area contributed by atoms with Crippen molar-refractivity contribution in [3.8, 4) is 0 Å². The van der Waals surface area contributed by atoms with E-state index < -0.39 is 0 Å². The molecule has 0 aromatic carbocycles. The van der Waals surface area contributed by atoms with E-state index in [-0.39, 0.29) is 5.91 Å². The summed E-state index contributed by atoms with van der Waals surface area (Å²) in [5, 5.41) is 3.94. The molecule has 5 nitrogen and oxygen atoms in total. The van der Waals surface area contributed by atoms with E-state index in [0.29, 0.717) is 12.3 Å². The van der Waals surface area contributed by atoms with Gasteiger partial charge < -0.3 is 9.42 Å². The molecule has 5 heteroatoms. The Morgan fingerprint density at radius 3 is 2.83 bits per heavy atom. The Morgan fingerprint density at radius 2 is 2.17 bits per heavy atom. The van der Waals surface area contributed by atoms with Crippen LogP contribution in [0.2, 0.25) is 0 Å². The highest BCUT2D eigenvalue weighted by Gasteiger charge is 2.25. The fourth-order valence-electron chi connectivity index (χ4n) is 3.43. The average molecular weight is 327 g/mol. The number of aryl methyl sites for hydroxylation is 3. The number of carbonyl (C=O) groups excluding carboxylic acids is 1. The Hall–Kier alpha value is -2.17. The molecule has 1 unspecified atom stereocenters. The van der Waals surface area contributed by atoms with Gasteiger partial charge in [-0.1, -0.05) is 11.2 Å². The van der Waals surface area contributed by atoms with Crippen LogP contribution in [0.25, 0.3) is 0 Å². The van der Waals surface area contributed by atoms with Gasteiger partial charge in [0.25, 0.3) is 0 Å². The first kappa shape index (κ1) is 16.7. The molecular formula is C19H25N3O2. The van der Waals surface area contributed by atoms with Gasteiger partial charge in [-0.25, -0.2) is 0 Å². The van der Waals surface area contributed by atoms with Gasteiger partial charge in [-0.3, -0.25) is 9.78 Å². The molecule has 0 spiro atoms. The molecule has 24 heavy (non-hydrogen) atoms. The number of carbonyl (C=O) groups is 1. The molecule has 0 bridgehead atoms. The summed E-state index contributed by atoms with van der Waals surface area (Å²) in [4.78, 5) is 19.0. The van der Waals surface area contributed by atoms with Crippen LogP contribution >= 0.6 is 0 Å². The predicted octanol–water partition coefficient (Wildman–Crippen LogP) is 3.02. The highest BCUT2D eigenvalue weighted by atomic mass is 16.5. The van der Waals surface area contributed by atoms with Crippen LogP contribution < -0.4 is 0 Å². The second kappa shape index (κ2) is 7.16. The largest absolute Gasteiger partial charge is 0.361 e. The maximum Gasteiger partial charge on any atom is 0.227 e. The normalized spacial score (nSPS) is 18.0. The van der Waals surface area contributed by atoms with E-state index >= 15 is 0 Å². The summed E-state index contributed by atoms with van der Waals surface area (Å²) in [6.45, 7) is 7.44. The zero-order chi connectivity index (χ0) is 17.1. The molecule has 0 aliphatic carbocycles. The van der Waals surface area contributed by atoms with Crippen molar-refractivity contribution in [2.45, 2.75) is 46.5 Å². The van der Waals surface area contributed by atoms with Gasteiger partial charge >= 0.3 is 0 Å². The molecular weight excluding hydrogens is 302 g/mol. The SMILES string of the molecule is Cc1ccc(CC2CCCN(C(=O)Cc3c(C)noc3C)C2)cn1. The van der Waals surface area contributed by atoms with Gasteiger partial charge in [0.2, 0.25) is 5.91 Å². The summed E-state index contributed by atoms with van der Waals surface area (Å²) < 4.78 is 5.17. The molecule has 1 aliphatic heterocycles. The van der Waals surface area contributed by atoms with E-state index in [4.69, 9.17) is 4.52 Å². The minimum atomic E-state index is 0.177. The number of amides is 1. The molecule has 3 rings (SSSR count). The summed E-state index contributed by atoms with van der Waals surface area (Å²) in [6.07, 6.45) is 5.57. The van der Waals surface area contributed by atoms with Gasteiger partial charge in [-0.05, 0) is 57.6 Å². The molecule has 0 N–H and O–H groups in total. The van der Waals surface area contributed by atoms with E-state index in [0.717, 1.165) is 48.6 Å². The van der Waals surface area contributed by atoms with Crippen molar-refractivity contribution in [3.63, 3.8) is 0 Å². The van der Waals surface area contributed by atoms with Crippen LogP contribution in [0.4, 0.5) is 0 Å². The van der Waals surface area contributed by atoms with Gasteiger partial charge in [-0.2, -0.15) is 0 Å². The Morgan fingerprint density at radius 1 is 1.33 bits per heavy atom. The Bertz CT molecular complexity index is 686. The maximum absolute atomic E-state index is 12.7. The van der Waals surface area contributed by atoms with Crippen LogP contribution in [0, 0.1) is 26.7 Å². The number of rotatable bonds is 4. The average Bonchev–Trinajstić information content (AvgIpc) is 2.89. The van der Waals surface area contributed by atoms with Crippen molar-refractivity contribution in [2.24, 2.45) is 5.92 Å². The molecule has 1 aliphatic rings. The van der Waals surface area contributed by atoms with E-state index in [9.17, 15) is 4.79 Å². The lowest BCUT2D eigenvalue weighted by atomic mass is 9.91. The Balaban J connectivity index is 1.60. The lowest BCUT2D eigenvalue weighted by molar-refractivity contribution is -0.132. The first-order chi connectivity index (χ1) is 11.5. The lowest BCUT2D eigenvalue weighted by Crippen LogP contribution is -2.41. The van der Waals surface area contributed by atoms with Crippen molar-refractivity contribution in [1.82, 2.24) is 15.0 Å². The first-order valence-electron chi connectivity index (χ1n) is 8.64. The van der Waals surface area contributed by atoms with E-state index in [1.807, 2.05) is 31.9 Å².